The number of hydrogen-bond acceptors (Lipinski definition) is 8. The molecule has 0 N–H and O–H groups in total. The lowest BCUT2D eigenvalue weighted by atomic mass is 10.1. The van der Waals surface area contributed by atoms with Crippen LogP contribution >= 0.6 is 11.6 Å². The van der Waals surface area contributed by atoms with Crippen molar-refractivity contribution >= 4 is 35.6 Å². The number of benzene rings is 1. The molecule has 0 bridgehead atoms. The van der Waals surface area contributed by atoms with Crippen LogP contribution in [0.2, 0.25) is 5.02 Å². The highest BCUT2D eigenvalue weighted by Gasteiger charge is 2.38. The maximum Gasteiger partial charge on any atom is 0.348 e. The van der Waals surface area contributed by atoms with Crippen molar-refractivity contribution in [3.8, 4) is 11.5 Å². The Morgan fingerprint density at radius 3 is 2.30 bits per heavy atom. The van der Waals surface area contributed by atoms with Crippen molar-refractivity contribution in [1.82, 2.24) is 0 Å². The van der Waals surface area contributed by atoms with Crippen molar-refractivity contribution in [1.29, 1.82) is 0 Å². The number of halogens is 1. The summed E-state index contributed by atoms with van der Waals surface area (Å²) in [6, 6.07) is 2.93. The van der Waals surface area contributed by atoms with Crippen molar-refractivity contribution in [3.63, 3.8) is 0 Å². The molecular formula is C18H19ClO8. The summed E-state index contributed by atoms with van der Waals surface area (Å²) in [6.45, 7) is 4.40. The van der Waals surface area contributed by atoms with Crippen molar-refractivity contribution in [2.75, 3.05) is 14.2 Å². The number of esters is 3. The molecule has 1 aromatic carbocycles. The van der Waals surface area contributed by atoms with Gasteiger partial charge in [-0.3, -0.25) is 0 Å². The van der Waals surface area contributed by atoms with Gasteiger partial charge in [-0.05, 0) is 30.7 Å². The van der Waals surface area contributed by atoms with Gasteiger partial charge >= 0.3 is 17.9 Å². The number of ether oxygens (including phenoxy) is 5. The number of methoxy groups -OCH3 is 2. The van der Waals surface area contributed by atoms with E-state index in [9.17, 15) is 14.4 Å². The molecule has 9 heteroatoms. The monoisotopic (exact) mass is 398 g/mol. The predicted octanol–water partition coefficient (Wildman–Crippen LogP) is 2.51. The molecule has 146 valence electrons. The van der Waals surface area contributed by atoms with Crippen LogP contribution in [0.4, 0.5) is 0 Å². The second-order valence-electron chi connectivity index (χ2n) is 6.05. The van der Waals surface area contributed by atoms with E-state index in [0.717, 1.165) is 0 Å². The van der Waals surface area contributed by atoms with Crippen LogP contribution in [0.1, 0.15) is 26.3 Å². The van der Waals surface area contributed by atoms with Gasteiger partial charge in [-0.15, -0.1) is 0 Å². The SMILES string of the molecule is COC(=O)C(C)Oc1c(Cl)cc(C=C2C(=O)OC(C)(C)OC2=O)cc1OC. The van der Waals surface area contributed by atoms with Gasteiger partial charge in [0.15, 0.2) is 17.6 Å². The normalized spacial score (nSPS) is 16.7. The van der Waals surface area contributed by atoms with Crippen LogP contribution in [0.3, 0.4) is 0 Å². The van der Waals surface area contributed by atoms with E-state index < -0.39 is 29.8 Å². The highest BCUT2D eigenvalue weighted by molar-refractivity contribution is 6.32. The van der Waals surface area contributed by atoms with Crippen LogP contribution in [0.25, 0.3) is 6.08 Å². The van der Waals surface area contributed by atoms with E-state index >= 15 is 0 Å². The Kier molecular flexibility index (Phi) is 6.00. The van der Waals surface area contributed by atoms with Gasteiger partial charge in [-0.25, -0.2) is 14.4 Å². The van der Waals surface area contributed by atoms with Crippen molar-refractivity contribution in [3.05, 3.63) is 28.3 Å². The molecule has 1 atom stereocenters. The first kappa shape index (κ1) is 20.6. The van der Waals surface area contributed by atoms with E-state index in [0.29, 0.717) is 5.56 Å². The quantitative estimate of drug-likeness (QED) is 0.424. The van der Waals surface area contributed by atoms with E-state index in [1.165, 1.54) is 53.2 Å². The molecule has 1 aromatic rings. The molecular weight excluding hydrogens is 380 g/mol. The minimum atomic E-state index is -1.33. The molecule has 8 nitrogen and oxygen atoms in total. The second kappa shape index (κ2) is 7.87. The van der Waals surface area contributed by atoms with Gasteiger partial charge in [0.05, 0.1) is 19.2 Å². The fraction of sp³-hybridized carbons (Fsp3) is 0.389. The Morgan fingerprint density at radius 1 is 1.19 bits per heavy atom. The highest BCUT2D eigenvalue weighted by Crippen LogP contribution is 2.38. The van der Waals surface area contributed by atoms with E-state index in [1.807, 2.05) is 0 Å². The standard InChI is InChI=1S/C18H19ClO8/c1-9(15(20)24-5)25-14-12(19)7-10(8-13(14)23-4)6-11-16(21)26-18(2,3)27-17(11)22/h6-9H,1-5H3. The third-order valence-electron chi connectivity index (χ3n) is 3.51. The maximum atomic E-state index is 12.1. The van der Waals surface area contributed by atoms with Crippen LogP contribution in [-0.4, -0.2) is 44.0 Å². The Labute approximate surface area is 160 Å². The van der Waals surface area contributed by atoms with Crippen LogP contribution in [0.5, 0.6) is 11.5 Å². The molecule has 1 saturated heterocycles. The van der Waals surface area contributed by atoms with Gasteiger partial charge < -0.3 is 23.7 Å². The smallest absolute Gasteiger partial charge is 0.348 e. The number of hydrogen-bond donors (Lipinski definition) is 0. The second-order valence-corrected chi connectivity index (χ2v) is 6.46. The highest BCUT2D eigenvalue weighted by atomic mass is 35.5. The lowest BCUT2D eigenvalue weighted by Crippen LogP contribution is -2.41. The maximum absolute atomic E-state index is 12.1. The summed E-state index contributed by atoms with van der Waals surface area (Å²) in [5.41, 5.74) is 0.0857. The first-order valence-electron chi connectivity index (χ1n) is 7.88. The van der Waals surface area contributed by atoms with Crippen molar-refractivity contribution in [2.24, 2.45) is 0 Å². The molecule has 2 rings (SSSR count). The van der Waals surface area contributed by atoms with E-state index in [4.69, 9.17) is 30.5 Å². The molecule has 0 radical (unpaired) electrons. The van der Waals surface area contributed by atoms with Gasteiger partial charge in [0.1, 0.15) is 5.57 Å². The van der Waals surface area contributed by atoms with Crippen LogP contribution < -0.4 is 9.47 Å². The van der Waals surface area contributed by atoms with E-state index in [2.05, 4.69) is 4.74 Å². The molecule has 1 unspecified atom stereocenters. The summed E-state index contributed by atoms with van der Waals surface area (Å²) in [5.74, 6) is -3.23. The minimum absolute atomic E-state index is 0.106. The first-order chi connectivity index (χ1) is 12.6. The molecule has 1 aliphatic heterocycles. The largest absolute Gasteiger partial charge is 0.493 e. The van der Waals surface area contributed by atoms with Crippen molar-refractivity contribution in [2.45, 2.75) is 32.7 Å². The lowest BCUT2D eigenvalue weighted by Gasteiger charge is -2.29. The summed E-state index contributed by atoms with van der Waals surface area (Å²) in [7, 11) is 2.61. The average molecular weight is 399 g/mol. The topological polar surface area (TPSA) is 97.4 Å². The summed E-state index contributed by atoms with van der Waals surface area (Å²) in [5, 5.41) is 0.106. The van der Waals surface area contributed by atoms with Crippen LogP contribution in [-0.2, 0) is 28.6 Å². The van der Waals surface area contributed by atoms with Gasteiger partial charge in [-0.2, -0.15) is 0 Å². The molecule has 0 spiro atoms. The molecule has 0 saturated carbocycles. The zero-order valence-electron chi connectivity index (χ0n) is 15.5. The Bertz CT molecular complexity index is 790. The van der Waals surface area contributed by atoms with E-state index in [1.54, 1.807) is 0 Å². The van der Waals surface area contributed by atoms with Crippen LogP contribution in [0, 0.1) is 0 Å². The summed E-state index contributed by atoms with van der Waals surface area (Å²) >= 11 is 6.22. The predicted molar refractivity (Wildman–Crippen MR) is 94.4 cm³/mol. The van der Waals surface area contributed by atoms with Gasteiger partial charge in [0.2, 0.25) is 0 Å². The summed E-state index contributed by atoms with van der Waals surface area (Å²) in [4.78, 5) is 35.6. The third-order valence-corrected chi connectivity index (χ3v) is 3.79. The summed E-state index contributed by atoms with van der Waals surface area (Å²) < 4.78 is 25.4. The molecule has 1 fully saturated rings. The van der Waals surface area contributed by atoms with Crippen molar-refractivity contribution < 1.29 is 38.1 Å². The fourth-order valence-corrected chi connectivity index (χ4v) is 2.54. The van der Waals surface area contributed by atoms with Gasteiger partial charge in [0.25, 0.3) is 5.79 Å². The molecule has 1 heterocycles. The minimum Gasteiger partial charge on any atom is -0.493 e. The number of rotatable bonds is 5. The van der Waals surface area contributed by atoms with Crippen LogP contribution in [0.15, 0.2) is 17.7 Å². The average Bonchev–Trinajstić information content (AvgIpc) is 2.58. The zero-order chi connectivity index (χ0) is 20.4. The number of cyclic esters (lactones) is 2. The Hall–Kier alpha value is -2.74. The molecule has 1 aliphatic rings. The molecule has 0 aliphatic carbocycles. The molecule has 0 amide bonds. The van der Waals surface area contributed by atoms with Gasteiger partial charge in [0, 0.05) is 13.8 Å². The number of carbonyl (C=O) groups excluding carboxylic acids is 3. The van der Waals surface area contributed by atoms with E-state index in [-0.39, 0.29) is 22.1 Å². The first-order valence-corrected chi connectivity index (χ1v) is 8.26. The molecule has 0 aromatic heterocycles. The zero-order valence-corrected chi connectivity index (χ0v) is 16.2. The third kappa shape index (κ3) is 4.71. The fourth-order valence-electron chi connectivity index (χ4n) is 2.27. The summed E-state index contributed by atoms with van der Waals surface area (Å²) in [6.07, 6.45) is 0.345. The Morgan fingerprint density at radius 2 is 1.78 bits per heavy atom. The van der Waals surface area contributed by atoms with Gasteiger partial charge in [-0.1, -0.05) is 11.6 Å². The Balaban J connectivity index is 2.37. The number of carbonyl (C=O) groups is 3. The molecule has 27 heavy (non-hydrogen) atoms. The lowest BCUT2D eigenvalue weighted by molar-refractivity contribution is -0.222.